The summed E-state index contributed by atoms with van der Waals surface area (Å²) in [5.74, 6) is -0.00481. The fraction of sp³-hybridized carbons (Fsp3) is 0.619. The Labute approximate surface area is 170 Å². The zero-order valence-electron chi connectivity index (χ0n) is 16.9. The maximum Gasteiger partial charge on any atom is 0.407 e. The Morgan fingerprint density at radius 3 is 2.52 bits per heavy atom. The molecule has 0 radical (unpaired) electrons. The van der Waals surface area contributed by atoms with Gasteiger partial charge in [0, 0.05) is 28.4 Å². The van der Waals surface area contributed by atoms with E-state index < -0.39 is 11.7 Å². The lowest BCUT2D eigenvalue weighted by molar-refractivity contribution is -0.125. The molecule has 0 saturated heterocycles. The van der Waals surface area contributed by atoms with Crippen LogP contribution >= 0.6 is 15.9 Å². The standard InChI is InChI=1S/C21H31BrN2O3/c1-20(2,3)27-19(26)24-17-10-9-14(11-17)18(25)23-13-21(4,5)15-7-6-8-16(22)12-15/h6-8,12,14,17H,9-11,13H2,1-5H3,(H,23,25)(H,24,26)/t14-,17+/m0/s1. The first-order valence-electron chi connectivity index (χ1n) is 9.49. The molecule has 0 unspecified atom stereocenters. The SMILES string of the molecule is CC(C)(C)OC(=O)N[C@@H]1CC[C@H](C(=O)NCC(C)(C)c2cccc(Br)c2)C1. The minimum absolute atomic E-state index is 0.00584. The van der Waals surface area contributed by atoms with Crippen LogP contribution in [0.3, 0.4) is 0 Å². The predicted octanol–water partition coefficient (Wildman–Crippen LogP) is 4.54. The third kappa shape index (κ3) is 6.83. The Morgan fingerprint density at radius 2 is 1.89 bits per heavy atom. The summed E-state index contributed by atoms with van der Waals surface area (Å²) in [5, 5.41) is 5.98. The van der Waals surface area contributed by atoms with Gasteiger partial charge in [-0.1, -0.05) is 41.9 Å². The Kier molecular flexibility index (Phi) is 6.95. The number of rotatable bonds is 5. The molecule has 2 rings (SSSR count). The number of carbonyl (C=O) groups excluding carboxylic acids is 2. The van der Waals surface area contributed by atoms with Crippen molar-refractivity contribution in [2.24, 2.45) is 5.92 Å². The second kappa shape index (κ2) is 8.63. The first kappa shape index (κ1) is 21.7. The largest absolute Gasteiger partial charge is 0.444 e. The van der Waals surface area contributed by atoms with Crippen LogP contribution in [0.2, 0.25) is 0 Å². The molecule has 1 saturated carbocycles. The lowest BCUT2D eigenvalue weighted by atomic mass is 9.84. The molecule has 0 spiro atoms. The fourth-order valence-corrected chi connectivity index (χ4v) is 3.69. The molecule has 2 amide bonds. The summed E-state index contributed by atoms with van der Waals surface area (Å²) in [5.41, 5.74) is 0.497. The van der Waals surface area contributed by atoms with Gasteiger partial charge in [0.05, 0.1) is 0 Å². The van der Waals surface area contributed by atoms with E-state index in [0.29, 0.717) is 13.0 Å². The van der Waals surface area contributed by atoms with E-state index in [2.05, 4.69) is 52.5 Å². The van der Waals surface area contributed by atoms with Gasteiger partial charge in [0.15, 0.2) is 0 Å². The van der Waals surface area contributed by atoms with E-state index in [1.165, 1.54) is 5.56 Å². The average molecular weight is 439 g/mol. The lowest BCUT2D eigenvalue weighted by Gasteiger charge is -2.26. The van der Waals surface area contributed by atoms with Gasteiger partial charge in [-0.2, -0.15) is 0 Å². The monoisotopic (exact) mass is 438 g/mol. The van der Waals surface area contributed by atoms with E-state index in [-0.39, 0.29) is 23.3 Å². The van der Waals surface area contributed by atoms with Gasteiger partial charge in [-0.05, 0) is 57.7 Å². The Hall–Kier alpha value is -1.56. The Bertz CT molecular complexity index is 682. The average Bonchev–Trinajstić information content (AvgIpc) is 2.99. The van der Waals surface area contributed by atoms with E-state index in [1.807, 2.05) is 32.9 Å². The third-order valence-corrected chi connectivity index (χ3v) is 5.33. The first-order valence-corrected chi connectivity index (χ1v) is 10.3. The number of ether oxygens (including phenoxy) is 1. The Morgan fingerprint density at radius 1 is 1.19 bits per heavy atom. The van der Waals surface area contributed by atoms with E-state index in [9.17, 15) is 9.59 Å². The van der Waals surface area contributed by atoms with E-state index in [1.54, 1.807) is 0 Å². The highest BCUT2D eigenvalue weighted by molar-refractivity contribution is 9.10. The van der Waals surface area contributed by atoms with Crippen molar-refractivity contribution in [2.45, 2.75) is 70.9 Å². The normalized spacial score (nSPS) is 20.2. The second-order valence-electron chi connectivity index (χ2n) is 8.97. The smallest absolute Gasteiger partial charge is 0.407 e. The summed E-state index contributed by atoms with van der Waals surface area (Å²) >= 11 is 3.50. The van der Waals surface area contributed by atoms with Crippen LogP contribution in [0.15, 0.2) is 28.7 Å². The zero-order chi connectivity index (χ0) is 20.2. The number of hydrogen-bond acceptors (Lipinski definition) is 3. The minimum atomic E-state index is -0.516. The van der Waals surface area contributed by atoms with Gasteiger partial charge in [-0.3, -0.25) is 4.79 Å². The second-order valence-corrected chi connectivity index (χ2v) is 9.88. The molecule has 1 aliphatic rings. The lowest BCUT2D eigenvalue weighted by Crippen LogP contribution is -2.40. The molecule has 1 aliphatic carbocycles. The van der Waals surface area contributed by atoms with Crippen LogP contribution in [0.25, 0.3) is 0 Å². The van der Waals surface area contributed by atoms with Crippen LogP contribution in [-0.2, 0) is 14.9 Å². The molecule has 2 atom stereocenters. The van der Waals surface area contributed by atoms with Crippen molar-refractivity contribution >= 4 is 27.9 Å². The number of alkyl carbamates (subject to hydrolysis) is 1. The molecule has 1 aromatic rings. The summed E-state index contributed by atoms with van der Waals surface area (Å²) in [7, 11) is 0. The number of hydrogen-bond donors (Lipinski definition) is 2. The first-order chi connectivity index (χ1) is 12.5. The number of nitrogens with one attached hydrogen (secondary N) is 2. The van der Waals surface area contributed by atoms with Crippen molar-refractivity contribution in [3.05, 3.63) is 34.3 Å². The van der Waals surface area contributed by atoms with Gasteiger partial charge in [0.25, 0.3) is 0 Å². The van der Waals surface area contributed by atoms with Gasteiger partial charge >= 0.3 is 6.09 Å². The number of benzene rings is 1. The van der Waals surface area contributed by atoms with Crippen LogP contribution < -0.4 is 10.6 Å². The molecule has 0 bridgehead atoms. The quantitative estimate of drug-likeness (QED) is 0.708. The van der Waals surface area contributed by atoms with Crippen LogP contribution in [0.4, 0.5) is 4.79 Å². The van der Waals surface area contributed by atoms with Gasteiger partial charge < -0.3 is 15.4 Å². The molecule has 6 heteroatoms. The van der Waals surface area contributed by atoms with Crippen molar-refractivity contribution in [1.29, 1.82) is 0 Å². The fourth-order valence-electron chi connectivity index (χ4n) is 3.29. The molecule has 0 aliphatic heterocycles. The summed E-state index contributed by atoms with van der Waals surface area (Å²) in [6, 6.07) is 8.16. The van der Waals surface area contributed by atoms with Crippen molar-refractivity contribution in [1.82, 2.24) is 10.6 Å². The number of carbonyl (C=O) groups is 2. The highest BCUT2D eigenvalue weighted by atomic mass is 79.9. The highest BCUT2D eigenvalue weighted by Crippen LogP contribution is 2.28. The van der Waals surface area contributed by atoms with Crippen molar-refractivity contribution in [2.75, 3.05) is 6.54 Å². The molecular weight excluding hydrogens is 408 g/mol. The van der Waals surface area contributed by atoms with E-state index in [0.717, 1.165) is 17.3 Å². The highest BCUT2D eigenvalue weighted by Gasteiger charge is 2.32. The van der Waals surface area contributed by atoms with Crippen molar-refractivity contribution in [3.63, 3.8) is 0 Å². The maximum absolute atomic E-state index is 12.6. The van der Waals surface area contributed by atoms with Gasteiger partial charge in [0.1, 0.15) is 5.60 Å². The minimum Gasteiger partial charge on any atom is -0.444 e. The molecule has 27 heavy (non-hydrogen) atoms. The summed E-state index contributed by atoms with van der Waals surface area (Å²) in [4.78, 5) is 24.5. The molecule has 0 aromatic heterocycles. The van der Waals surface area contributed by atoms with Crippen LogP contribution in [-0.4, -0.2) is 30.2 Å². The van der Waals surface area contributed by atoms with Gasteiger partial charge in [0.2, 0.25) is 5.91 Å². The predicted molar refractivity (Wildman–Crippen MR) is 111 cm³/mol. The number of amides is 2. The summed E-state index contributed by atoms with van der Waals surface area (Å²) in [6.45, 7) is 10.3. The molecule has 0 heterocycles. The van der Waals surface area contributed by atoms with Crippen molar-refractivity contribution in [3.8, 4) is 0 Å². The maximum atomic E-state index is 12.6. The third-order valence-electron chi connectivity index (χ3n) is 4.83. The molecule has 150 valence electrons. The number of halogens is 1. The zero-order valence-corrected chi connectivity index (χ0v) is 18.5. The van der Waals surface area contributed by atoms with E-state index >= 15 is 0 Å². The summed E-state index contributed by atoms with van der Waals surface area (Å²) in [6.07, 6.45) is 1.82. The van der Waals surface area contributed by atoms with Crippen LogP contribution in [0, 0.1) is 5.92 Å². The topological polar surface area (TPSA) is 67.4 Å². The van der Waals surface area contributed by atoms with Gasteiger partial charge in [-0.15, -0.1) is 0 Å². The van der Waals surface area contributed by atoms with Crippen LogP contribution in [0.5, 0.6) is 0 Å². The molecule has 1 aromatic carbocycles. The summed E-state index contributed by atoms with van der Waals surface area (Å²) < 4.78 is 6.33. The molecule has 5 nitrogen and oxygen atoms in total. The molecular formula is C21H31BrN2O3. The molecule has 2 N–H and O–H groups in total. The molecule has 1 fully saturated rings. The van der Waals surface area contributed by atoms with Crippen molar-refractivity contribution < 1.29 is 14.3 Å². The van der Waals surface area contributed by atoms with E-state index in [4.69, 9.17) is 4.74 Å². The Balaban J connectivity index is 1.82. The van der Waals surface area contributed by atoms with Gasteiger partial charge in [-0.25, -0.2) is 4.79 Å². The van der Waals surface area contributed by atoms with Crippen LogP contribution in [0.1, 0.15) is 59.4 Å².